The smallest absolute Gasteiger partial charge is 0.247 e. The minimum absolute atomic E-state index is 0.137. The van der Waals surface area contributed by atoms with Gasteiger partial charge in [0.1, 0.15) is 5.75 Å². The van der Waals surface area contributed by atoms with E-state index in [2.05, 4.69) is 25.7 Å². The van der Waals surface area contributed by atoms with E-state index >= 15 is 0 Å². The van der Waals surface area contributed by atoms with Crippen molar-refractivity contribution in [1.29, 1.82) is 0 Å². The molecule has 26 heavy (non-hydrogen) atoms. The Morgan fingerprint density at radius 3 is 2.54 bits per heavy atom. The minimum Gasteiger partial charge on any atom is -0.508 e. The van der Waals surface area contributed by atoms with Crippen LogP contribution in [0.2, 0.25) is 0 Å². The molecule has 8 nitrogen and oxygen atoms in total. The second kappa shape index (κ2) is 6.96. The molecule has 130 valence electrons. The number of phenols is 1. The van der Waals surface area contributed by atoms with Gasteiger partial charge in [0.25, 0.3) is 0 Å². The number of benzene rings is 2. The van der Waals surface area contributed by atoms with Gasteiger partial charge in [0.2, 0.25) is 16.9 Å². The standard InChI is InChI=1S/C17H14N6O2S/c1-11(15-18-19-16(25-15)12-5-3-2-4-6-12)26-17-20-21-22-23(17)13-7-9-14(24)10-8-13/h2-11,24H,1H3. The van der Waals surface area contributed by atoms with Crippen LogP contribution < -0.4 is 0 Å². The molecule has 2 aromatic heterocycles. The zero-order chi connectivity index (χ0) is 17.9. The van der Waals surface area contributed by atoms with Crippen molar-refractivity contribution in [2.75, 3.05) is 0 Å². The number of nitrogens with zero attached hydrogens (tertiary/aromatic N) is 6. The van der Waals surface area contributed by atoms with Crippen LogP contribution in [0, 0.1) is 0 Å². The monoisotopic (exact) mass is 366 g/mol. The topological polar surface area (TPSA) is 103 Å². The average Bonchev–Trinajstić information content (AvgIpc) is 3.33. The van der Waals surface area contributed by atoms with Crippen LogP contribution in [0.15, 0.2) is 64.2 Å². The van der Waals surface area contributed by atoms with Gasteiger partial charge in [-0.25, -0.2) is 0 Å². The molecule has 0 aliphatic heterocycles. The van der Waals surface area contributed by atoms with Gasteiger partial charge in [-0.15, -0.1) is 15.3 Å². The first kappa shape index (κ1) is 16.3. The maximum atomic E-state index is 9.42. The molecule has 0 radical (unpaired) electrons. The molecule has 0 fully saturated rings. The van der Waals surface area contributed by atoms with Gasteiger partial charge in [0, 0.05) is 5.56 Å². The second-order valence-corrected chi connectivity index (χ2v) is 6.77. The van der Waals surface area contributed by atoms with Crippen molar-refractivity contribution in [1.82, 2.24) is 30.4 Å². The number of aromatic hydroxyl groups is 1. The molecule has 0 saturated heterocycles. The lowest BCUT2D eigenvalue weighted by Crippen LogP contribution is -2.00. The summed E-state index contributed by atoms with van der Waals surface area (Å²) in [5, 5.41) is 29.9. The van der Waals surface area contributed by atoms with E-state index in [4.69, 9.17) is 4.42 Å². The van der Waals surface area contributed by atoms with Crippen molar-refractivity contribution in [2.24, 2.45) is 0 Å². The summed E-state index contributed by atoms with van der Waals surface area (Å²) < 4.78 is 7.38. The van der Waals surface area contributed by atoms with E-state index < -0.39 is 0 Å². The zero-order valence-electron chi connectivity index (χ0n) is 13.7. The first-order valence-corrected chi connectivity index (χ1v) is 8.72. The van der Waals surface area contributed by atoms with Crippen molar-refractivity contribution >= 4 is 11.8 Å². The van der Waals surface area contributed by atoms with Crippen LogP contribution in [0.5, 0.6) is 5.75 Å². The molecule has 0 bridgehead atoms. The number of hydrogen-bond donors (Lipinski definition) is 1. The lowest BCUT2D eigenvalue weighted by Gasteiger charge is -2.07. The van der Waals surface area contributed by atoms with Crippen LogP contribution in [-0.2, 0) is 0 Å². The molecule has 0 aliphatic carbocycles. The van der Waals surface area contributed by atoms with Crippen molar-refractivity contribution in [3.63, 3.8) is 0 Å². The largest absolute Gasteiger partial charge is 0.508 e. The van der Waals surface area contributed by atoms with Crippen LogP contribution in [-0.4, -0.2) is 35.5 Å². The number of tetrazole rings is 1. The van der Waals surface area contributed by atoms with Gasteiger partial charge in [-0.3, -0.25) is 0 Å². The van der Waals surface area contributed by atoms with E-state index in [9.17, 15) is 5.11 Å². The van der Waals surface area contributed by atoms with Gasteiger partial charge in [-0.2, -0.15) is 4.68 Å². The fraction of sp³-hybridized carbons (Fsp3) is 0.118. The van der Waals surface area contributed by atoms with Crippen LogP contribution in [0.4, 0.5) is 0 Å². The highest BCUT2D eigenvalue weighted by Crippen LogP contribution is 2.34. The van der Waals surface area contributed by atoms with Crippen LogP contribution in [0.1, 0.15) is 18.1 Å². The summed E-state index contributed by atoms with van der Waals surface area (Å²) in [6.45, 7) is 1.95. The zero-order valence-corrected chi connectivity index (χ0v) is 14.5. The van der Waals surface area contributed by atoms with Crippen molar-refractivity contribution in [3.05, 3.63) is 60.5 Å². The molecule has 1 N–H and O–H groups in total. The molecule has 1 atom stereocenters. The quantitative estimate of drug-likeness (QED) is 0.537. The van der Waals surface area contributed by atoms with E-state index in [1.54, 1.807) is 28.9 Å². The Labute approximate surface area is 152 Å². The van der Waals surface area contributed by atoms with E-state index in [-0.39, 0.29) is 11.0 Å². The molecule has 2 aromatic carbocycles. The van der Waals surface area contributed by atoms with E-state index in [0.717, 1.165) is 11.3 Å². The van der Waals surface area contributed by atoms with E-state index in [1.807, 2.05) is 37.3 Å². The Morgan fingerprint density at radius 1 is 1.00 bits per heavy atom. The Balaban J connectivity index is 1.54. The van der Waals surface area contributed by atoms with Gasteiger partial charge in [-0.05, 0) is 53.7 Å². The summed E-state index contributed by atoms with van der Waals surface area (Å²) in [4.78, 5) is 0. The molecule has 0 aliphatic rings. The number of phenolic OH excluding ortho intramolecular Hbond substituents is 1. The maximum Gasteiger partial charge on any atom is 0.247 e. The maximum absolute atomic E-state index is 9.42. The molecular weight excluding hydrogens is 352 g/mol. The predicted molar refractivity (Wildman–Crippen MR) is 94.8 cm³/mol. The Hall–Kier alpha value is -3.20. The highest BCUT2D eigenvalue weighted by Gasteiger charge is 2.20. The number of aromatic nitrogens is 6. The third kappa shape index (κ3) is 3.29. The van der Waals surface area contributed by atoms with Gasteiger partial charge in [0.15, 0.2) is 0 Å². The molecule has 4 rings (SSSR count). The van der Waals surface area contributed by atoms with E-state index in [1.165, 1.54) is 11.8 Å². The summed E-state index contributed by atoms with van der Waals surface area (Å²) in [6.07, 6.45) is 0. The average molecular weight is 366 g/mol. The first-order valence-electron chi connectivity index (χ1n) is 7.84. The number of thioether (sulfide) groups is 1. The Morgan fingerprint density at radius 2 is 1.77 bits per heavy atom. The third-order valence-corrected chi connectivity index (χ3v) is 4.65. The fourth-order valence-electron chi connectivity index (χ4n) is 2.31. The van der Waals surface area contributed by atoms with Crippen LogP contribution >= 0.6 is 11.8 Å². The molecule has 0 saturated carbocycles. The Kier molecular flexibility index (Phi) is 4.36. The highest BCUT2D eigenvalue weighted by atomic mass is 32.2. The third-order valence-electron chi connectivity index (χ3n) is 3.63. The molecule has 4 aromatic rings. The van der Waals surface area contributed by atoms with Gasteiger partial charge in [-0.1, -0.05) is 30.0 Å². The number of hydrogen-bond acceptors (Lipinski definition) is 8. The number of rotatable bonds is 5. The summed E-state index contributed by atoms with van der Waals surface area (Å²) >= 11 is 1.41. The van der Waals surface area contributed by atoms with Gasteiger partial charge in [0.05, 0.1) is 10.9 Å². The van der Waals surface area contributed by atoms with Crippen molar-refractivity contribution in [2.45, 2.75) is 17.3 Å². The lowest BCUT2D eigenvalue weighted by atomic mass is 10.2. The molecule has 2 heterocycles. The van der Waals surface area contributed by atoms with Gasteiger partial charge < -0.3 is 9.52 Å². The SMILES string of the molecule is CC(Sc1nnnn1-c1ccc(O)cc1)c1nnc(-c2ccccc2)o1. The normalized spacial score (nSPS) is 12.2. The Bertz CT molecular complexity index is 1000. The summed E-state index contributed by atoms with van der Waals surface area (Å²) in [5.41, 5.74) is 1.62. The molecule has 9 heteroatoms. The lowest BCUT2D eigenvalue weighted by molar-refractivity contribution is 0.475. The molecule has 1 unspecified atom stereocenters. The van der Waals surface area contributed by atoms with Crippen molar-refractivity contribution < 1.29 is 9.52 Å². The van der Waals surface area contributed by atoms with Gasteiger partial charge >= 0.3 is 0 Å². The minimum atomic E-state index is -0.137. The van der Waals surface area contributed by atoms with Crippen LogP contribution in [0.3, 0.4) is 0 Å². The molecule has 0 amide bonds. The van der Waals surface area contributed by atoms with Crippen LogP contribution in [0.25, 0.3) is 17.1 Å². The molecule has 0 spiro atoms. The molecular formula is C17H14N6O2S. The fourth-order valence-corrected chi connectivity index (χ4v) is 3.15. The summed E-state index contributed by atoms with van der Waals surface area (Å²) in [6, 6.07) is 16.2. The summed E-state index contributed by atoms with van der Waals surface area (Å²) in [5.74, 6) is 1.16. The first-order chi connectivity index (χ1) is 12.7. The van der Waals surface area contributed by atoms with Crippen molar-refractivity contribution in [3.8, 4) is 22.9 Å². The second-order valence-electron chi connectivity index (χ2n) is 5.46. The van der Waals surface area contributed by atoms with E-state index in [0.29, 0.717) is 16.9 Å². The highest BCUT2D eigenvalue weighted by molar-refractivity contribution is 7.99. The predicted octanol–water partition coefficient (Wildman–Crippen LogP) is 3.27. The summed E-state index contributed by atoms with van der Waals surface area (Å²) in [7, 11) is 0.